The zero-order valence-electron chi connectivity index (χ0n) is 14.2. The Labute approximate surface area is 143 Å². The molecule has 2 rings (SSSR count). The van der Waals surface area contributed by atoms with Gasteiger partial charge < -0.3 is 21.1 Å². The molecule has 0 aromatic heterocycles. The Hall–Kier alpha value is -2.37. The highest BCUT2D eigenvalue weighted by Crippen LogP contribution is 2.20. The molecule has 0 saturated heterocycles. The van der Waals surface area contributed by atoms with Crippen molar-refractivity contribution in [2.75, 3.05) is 24.3 Å². The van der Waals surface area contributed by atoms with Gasteiger partial charge in [0.25, 0.3) is 0 Å². The number of amides is 1. The van der Waals surface area contributed by atoms with Crippen LogP contribution in [-0.2, 0) is 9.53 Å². The van der Waals surface area contributed by atoms with E-state index in [0.717, 1.165) is 11.4 Å². The van der Waals surface area contributed by atoms with Gasteiger partial charge in [0.05, 0.1) is 12.5 Å². The molecule has 1 amide bonds. The van der Waals surface area contributed by atoms with Gasteiger partial charge in [-0.3, -0.25) is 4.79 Å². The number of benzene rings is 2. The van der Waals surface area contributed by atoms with Crippen LogP contribution in [0.25, 0.3) is 0 Å². The van der Waals surface area contributed by atoms with Gasteiger partial charge >= 0.3 is 0 Å². The van der Waals surface area contributed by atoms with Crippen LogP contribution in [0.4, 0.5) is 11.4 Å². The number of nitrogens with one attached hydrogen (secondary N) is 2. The van der Waals surface area contributed by atoms with Gasteiger partial charge in [0.2, 0.25) is 5.91 Å². The highest BCUT2D eigenvalue weighted by molar-refractivity contribution is 5.91. The summed E-state index contributed by atoms with van der Waals surface area (Å²) in [5.74, 6) is -0.106. The van der Waals surface area contributed by atoms with Gasteiger partial charge in [0, 0.05) is 31.1 Å². The van der Waals surface area contributed by atoms with Crippen LogP contribution in [0.2, 0.25) is 0 Å². The van der Waals surface area contributed by atoms with Gasteiger partial charge in [-0.05, 0) is 36.8 Å². The van der Waals surface area contributed by atoms with Gasteiger partial charge in [-0.1, -0.05) is 30.3 Å². The van der Waals surface area contributed by atoms with Crippen molar-refractivity contribution in [3.63, 3.8) is 0 Å². The summed E-state index contributed by atoms with van der Waals surface area (Å²) in [5.41, 5.74) is 8.51. The van der Waals surface area contributed by atoms with Crippen molar-refractivity contribution in [3.05, 3.63) is 60.2 Å². The molecule has 0 heterocycles. The Morgan fingerprint density at radius 1 is 1.08 bits per heavy atom. The third-order valence-corrected chi connectivity index (χ3v) is 3.86. The van der Waals surface area contributed by atoms with Crippen LogP contribution in [0, 0.1) is 0 Å². The SMILES string of the molecule is COC(CN)CC(=O)Nc1ccc(NC(C)c2ccccc2)cc1. The predicted molar refractivity (Wildman–Crippen MR) is 98.0 cm³/mol. The standard InChI is InChI=1S/C19H25N3O2/c1-14(15-6-4-3-5-7-15)21-16-8-10-17(11-9-16)22-19(23)12-18(13-20)24-2/h3-11,14,18,21H,12-13,20H2,1-2H3,(H,22,23). The topological polar surface area (TPSA) is 76.4 Å². The van der Waals surface area contributed by atoms with Crippen molar-refractivity contribution in [1.82, 2.24) is 0 Å². The molecule has 0 aliphatic rings. The Morgan fingerprint density at radius 3 is 2.29 bits per heavy atom. The van der Waals surface area contributed by atoms with E-state index in [9.17, 15) is 4.79 Å². The molecule has 0 aliphatic carbocycles. The average molecular weight is 327 g/mol. The maximum Gasteiger partial charge on any atom is 0.227 e. The van der Waals surface area contributed by atoms with Crippen molar-refractivity contribution in [2.24, 2.45) is 5.73 Å². The van der Waals surface area contributed by atoms with Crippen LogP contribution in [0.3, 0.4) is 0 Å². The normalized spacial score (nSPS) is 13.1. The maximum absolute atomic E-state index is 11.9. The molecular formula is C19H25N3O2. The van der Waals surface area contributed by atoms with Crippen LogP contribution < -0.4 is 16.4 Å². The van der Waals surface area contributed by atoms with Crippen LogP contribution in [0.5, 0.6) is 0 Å². The molecule has 0 aliphatic heterocycles. The molecule has 2 unspecified atom stereocenters. The molecule has 128 valence electrons. The first kappa shape index (κ1) is 18.0. The second-order valence-electron chi connectivity index (χ2n) is 5.70. The number of rotatable bonds is 8. The summed E-state index contributed by atoms with van der Waals surface area (Å²) < 4.78 is 5.12. The summed E-state index contributed by atoms with van der Waals surface area (Å²) in [5, 5.41) is 6.29. The van der Waals surface area contributed by atoms with Crippen molar-refractivity contribution < 1.29 is 9.53 Å². The molecule has 5 nitrogen and oxygen atoms in total. The average Bonchev–Trinajstić information content (AvgIpc) is 2.62. The van der Waals surface area contributed by atoms with Gasteiger partial charge in [-0.15, -0.1) is 0 Å². The Morgan fingerprint density at radius 2 is 1.71 bits per heavy atom. The summed E-state index contributed by atoms with van der Waals surface area (Å²) in [6.07, 6.45) is -0.00411. The van der Waals surface area contributed by atoms with E-state index in [-0.39, 0.29) is 24.5 Å². The quantitative estimate of drug-likeness (QED) is 0.696. The minimum Gasteiger partial charge on any atom is -0.380 e. The van der Waals surface area contributed by atoms with Crippen molar-refractivity contribution in [1.29, 1.82) is 0 Å². The zero-order chi connectivity index (χ0) is 17.4. The summed E-state index contributed by atoms with van der Waals surface area (Å²) in [6.45, 7) is 2.44. The Kier molecular flexibility index (Phi) is 6.78. The fraction of sp³-hybridized carbons (Fsp3) is 0.316. The fourth-order valence-corrected chi connectivity index (χ4v) is 2.41. The molecule has 2 aromatic rings. The van der Waals surface area contributed by atoms with Gasteiger partial charge in [-0.2, -0.15) is 0 Å². The summed E-state index contributed by atoms with van der Waals surface area (Å²) in [6, 6.07) is 18.1. The van der Waals surface area contributed by atoms with E-state index < -0.39 is 0 Å². The Balaban J connectivity index is 1.90. The highest BCUT2D eigenvalue weighted by Gasteiger charge is 2.11. The number of hydrogen-bond donors (Lipinski definition) is 3. The van der Waals surface area contributed by atoms with E-state index in [0.29, 0.717) is 6.54 Å². The van der Waals surface area contributed by atoms with Gasteiger partial charge in [0.1, 0.15) is 0 Å². The van der Waals surface area contributed by atoms with Crippen LogP contribution in [0.15, 0.2) is 54.6 Å². The van der Waals surface area contributed by atoms with Gasteiger partial charge in [0.15, 0.2) is 0 Å². The molecule has 4 N–H and O–H groups in total. The van der Waals surface area contributed by atoms with Crippen molar-refractivity contribution in [3.8, 4) is 0 Å². The number of methoxy groups -OCH3 is 1. The first-order valence-corrected chi connectivity index (χ1v) is 8.06. The second-order valence-corrected chi connectivity index (χ2v) is 5.70. The van der Waals surface area contributed by atoms with Crippen LogP contribution >= 0.6 is 0 Å². The molecule has 5 heteroatoms. The molecule has 0 spiro atoms. The molecular weight excluding hydrogens is 302 g/mol. The third-order valence-electron chi connectivity index (χ3n) is 3.86. The molecule has 2 aromatic carbocycles. The Bertz CT molecular complexity index is 625. The number of anilines is 2. The fourth-order valence-electron chi connectivity index (χ4n) is 2.41. The van der Waals surface area contributed by atoms with E-state index in [4.69, 9.17) is 10.5 Å². The molecule has 0 bridgehead atoms. The minimum absolute atomic E-state index is 0.106. The van der Waals surface area contributed by atoms with E-state index in [1.54, 1.807) is 7.11 Å². The number of hydrogen-bond acceptors (Lipinski definition) is 4. The molecule has 0 saturated carbocycles. The lowest BCUT2D eigenvalue weighted by atomic mass is 10.1. The smallest absolute Gasteiger partial charge is 0.227 e. The predicted octanol–water partition coefficient (Wildman–Crippen LogP) is 3.16. The molecule has 24 heavy (non-hydrogen) atoms. The number of ether oxygens (including phenoxy) is 1. The van der Waals surface area contributed by atoms with E-state index in [1.165, 1.54) is 5.56 Å². The molecule has 2 atom stereocenters. The summed E-state index contributed by atoms with van der Waals surface area (Å²) in [4.78, 5) is 11.9. The first-order valence-electron chi connectivity index (χ1n) is 8.06. The summed E-state index contributed by atoms with van der Waals surface area (Å²) >= 11 is 0. The molecule has 0 radical (unpaired) electrons. The number of carbonyl (C=O) groups excluding carboxylic acids is 1. The number of nitrogens with two attached hydrogens (primary N) is 1. The third kappa shape index (κ3) is 5.37. The second kappa shape index (κ2) is 9.05. The number of carbonyl (C=O) groups is 1. The highest BCUT2D eigenvalue weighted by atomic mass is 16.5. The minimum atomic E-state index is -0.252. The lowest BCUT2D eigenvalue weighted by molar-refractivity contribution is -0.118. The zero-order valence-corrected chi connectivity index (χ0v) is 14.2. The largest absolute Gasteiger partial charge is 0.380 e. The maximum atomic E-state index is 11.9. The monoisotopic (exact) mass is 327 g/mol. The lowest BCUT2D eigenvalue weighted by Crippen LogP contribution is -2.28. The van der Waals surface area contributed by atoms with E-state index in [1.807, 2.05) is 42.5 Å². The van der Waals surface area contributed by atoms with Gasteiger partial charge in [-0.25, -0.2) is 0 Å². The van der Waals surface area contributed by atoms with Crippen LogP contribution in [0.1, 0.15) is 24.9 Å². The van der Waals surface area contributed by atoms with E-state index in [2.05, 4.69) is 29.7 Å². The van der Waals surface area contributed by atoms with Crippen LogP contribution in [-0.4, -0.2) is 25.7 Å². The van der Waals surface area contributed by atoms with E-state index >= 15 is 0 Å². The summed E-state index contributed by atoms with van der Waals surface area (Å²) in [7, 11) is 1.55. The molecule has 0 fully saturated rings. The van der Waals surface area contributed by atoms with Crippen molar-refractivity contribution in [2.45, 2.75) is 25.5 Å². The van der Waals surface area contributed by atoms with Crippen molar-refractivity contribution >= 4 is 17.3 Å². The first-order chi connectivity index (χ1) is 11.6. The lowest BCUT2D eigenvalue weighted by Gasteiger charge is -2.16.